The number of aryl methyl sites for hydroxylation is 1. The molecular formula is C17H18N2. The van der Waals surface area contributed by atoms with E-state index >= 15 is 0 Å². The van der Waals surface area contributed by atoms with E-state index in [0.717, 1.165) is 13.0 Å². The van der Waals surface area contributed by atoms with Crippen molar-refractivity contribution in [1.29, 1.82) is 0 Å². The van der Waals surface area contributed by atoms with E-state index in [-0.39, 0.29) is 0 Å². The van der Waals surface area contributed by atoms with Crippen LogP contribution >= 0.6 is 0 Å². The smallest absolute Gasteiger partial charge is 0.0555 e. The van der Waals surface area contributed by atoms with Gasteiger partial charge in [0.15, 0.2) is 0 Å². The molecular weight excluding hydrogens is 232 g/mol. The average Bonchev–Trinajstić information content (AvgIpc) is 2.90. The van der Waals surface area contributed by atoms with Gasteiger partial charge in [0.1, 0.15) is 0 Å². The van der Waals surface area contributed by atoms with Crippen molar-refractivity contribution in [2.75, 3.05) is 17.2 Å². The molecule has 2 N–H and O–H groups in total. The zero-order chi connectivity index (χ0) is 12.7. The molecule has 96 valence electrons. The van der Waals surface area contributed by atoms with Gasteiger partial charge in [-0.3, -0.25) is 0 Å². The Kier molecular flexibility index (Phi) is 2.47. The Morgan fingerprint density at radius 1 is 0.947 bits per heavy atom. The summed E-state index contributed by atoms with van der Waals surface area (Å²) in [5.74, 6) is 0. The molecule has 0 amide bonds. The standard InChI is InChI=1S/C17H18N2/c1-2-6-16-13(4-1)11-17(19-16)14-7-8-15-12(10-14)5-3-9-18-15/h1-2,4,6-8,10,17-19H,3,5,9,11H2. The van der Waals surface area contributed by atoms with Crippen LogP contribution in [-0.4, -0.2) is 6.54 Å². The normalized spacial score (nSPS) is 20.1. The van der Waals surface area contributed by atoms with Gasteiger partial charge in [0.05, 0.1) is 6.04 Å². The fourth-order valence-electron chi connectivity index (χ4n) is 3.21. The van der Waals surface area contributed by atoms with E-state index in [0.29, 0.717) is 6.04 Å². The number of benzene rings is 2. The maximum Gasteiger partial charge on any atom is 0.0555 e. The summed E-state index contributed by atoms with van der Waals surface area (Å²) in [5.41, 5.74) is 6.94. The van der Waals surface area contributed by atoms with Gasteiger partial charge >= 0.3 is 0 Å². The summed E-state index contributed by atoms with van der Waals surface area (Å²) in [7, 11) is 0. The second-order valence-electron chi connectivity index (χ2n) is 5.51. The second kappa shape index (κ2) is 4.30. The largest absolute Gasteiger partial charge is 0.385 e. The van der Waals surface area contributed by atoms with E-state index in [1.807, 2.05) is 0 Å². The molecule has 0 aromatic heterocycles. The molecule has 2 aliphatic heterocycles. The van der Waals surface area contributed by atoms with Crippen molar-refractivity contribution in [3.63, 3.8) is 0 Å². The molecule has 19 heavy (non-hydrogen) atoms. The lowest BCUT2D eigenvalue weighted by Gasteiger charge is -2.20. The fraction of sp³-hybridized carbons (Fsp3) is 0.294. The summed E-state index contributed by atoms with van der Waals surface area (Å²) in [4.78, 5) is 0. The zero-order valence-corrected chi connectivity index (χ0v) is 10.9. The van der Waals surface area contributed by atoms with E-state index in [9.17, 15) is 0 Å². The van der Waals surface area contributed by atoms with Gasteiger partial charge in [-0.2, -0.15) is 0 Å². The highest BCUT2D eigenvalue weighted by Gasteiger charge is 2.22. The third-order valence-corrected chi connectivity index (χ3v) is 4.24. The number of anilines is 2. The predicted molar refractivity (Wildman–Crippen MR) is 79.8 cm³/mol. The first-order valence-electron chi connectivity index (χ1n) is 7.11. The Bertz CT molecular complexity index is 593. The topological polar surface area (TPSA) is 24.1 Å². The van der Waals surface area contributed by atoms with Crippen LogP contribution < -0.4 is 10.6 Å². The molecule has 0 bridgehead atoms. The van der Waals surface area contributed by atoms with E-state index in [4.69, 9.17) is 0 Å². The van der Waals surface area contributed by atoms with Crippen molar-refractivity contribution in [3.8, 4) is 0 Å². The molecule has 0 saturated carbocycles. The third kappa shape index (κ3) is 1.88. The number of rotatable bonds is 1. The quantitative estimate of drug-likeness (QED) is 0.805. The summed E-state index contributed by atoms with van der Waals surface area (Å²) in [6.45, 7) is 1.11. The number of fused-ring (bicyclic) bond motifs is 2. The van der Waals surface area contributed by atoms with E-state index in [1.54, 1.807) is 0 Å². The van der Waals surface area contributed by atoms with Crippen LogP contribution in [0, 0.1) is 0 Å². The highest BCUT2D eigenvalue weighted by atomic mass is 14.9. The lowest BCUT2D eigenvalue weighted by atomic mass is 9.96. The minimum absolute atomic E-state index is 0.435. The van der Waals surface area contributed by atoms with Gasteiger partial charge in [-0.25, -0.2) is 0 Å². The monoisotopic (exact) mass is 250 g/mol. The maximum atomic E-state index is 3.64. The minimum atomic E-state index is 0.435. The zero-order valence-electron chi connectivity index (χ0n) is 10.9. The van der Waals surface area contributed by atoms with Crippen molar-refractivity contribution in [3.05, 3.63) is 59.2 Å². The number of para-hydroxylation sites is 1. The van der Waals surface area contributed by atoms with Gasteiger partial charge in [0.25, 0.3) is 0 Å². The first-order valence-corrected chi connectivity index (χ1v) is 7.11. The number of nitrogens with one attached hydrogen (secondary N) is 2. The predicted octanol–water partition coefficient (Wildman–Crippen LogP) is 3.75. The van der Waals surface area contributed by atoms with Gasteiger partial charge in [-0.05, 0) is 48.1 Å². The summed E-state index contributed by atoms with van der Waals surface area (Å²) in [5, 5.41) is 7.11. The van der Waals surface area contributed by atoms with Crippen LogP contribution in [0.15, 0.2) is 42.5 Å². The summed E-state index contributed by atoms with van der Waals surface area (Å²) in [6, 6.07) is 16.0. The van der Waals surface area contributed by atoms with Crippen molar-refractivity contribution in [2.45, 2.75) is 25.3 Å². The molecule has 2 aromatic carbocycles. The van der Waals surface area contributed by atoms with E-state index in [2.05, 4.69) is 53.1 Å². The molecule has 0 fully saturated rings. The fourth-order valence-corrected chi connectivity index (χ4v) is 3.21. The lowest BCUT2D eigenvalue weighted by molar-refractivity contribution is 0.800. The first-order chi connectivity index (χ1) is 9.40. The van der Waals surface area contributed by atoms with Crippen LogP contribution in [0.4, 0.5) is 11.4 Å². The Morgan fingerprint density at radius 2 is 1.89 bits per heavy atom. The highest BCUT2D eigenvalue weighted by Crippen LogP contribution is 2.35. The van der Waals surface area contributed by atoms with Gasteiger partial charge < -0.3 is 10.6 Å². The molecule has 1 unspecified atom stereocenters. The Hall–Kier alpha value is -1.96. The first kappa shape index (κ1) is 10.9. The van der Waals surface area contributed by atoms with Crippen LogP contribution in [0.5, 0.6) is 0 Å². The van der Waals surface area contributed by atoms with Crippen LogP contribution in [0.2, 0.25) is 0 Å². The molecule has 2 aliphatic rings. The van der Waals surface area contributed by atoms with Crippen LogP contribution in [0.1, 0.15) is 29.2 Å². The Labute approximate surface area is 113 Å². The summed E-state index contributed by atoms with van der Waals surface area (Å²) in [6.07, 6.45) is 3.55. The van der Waals surface area contributed by atoms with Gasteiger partial charge in [-0.1, -0.05) is 30.3 Å². The molecule has 0 saturated heterocycles. The Balaban J connectivity index is 1.64. The molecule has 1 atom stereocenters. The van der Waals surface area contributed by atoms with Crippen molar-refractivity contribution < 1.29 is 0 Å². The van der Waals surface area contributed by atoms with Crippen LogP contribution in [-0.2, 0) is 12.8 Å². The molecule has 0 aliphatic carbocycles. The minimum Gasteiger partial charge on any atom is -0.385 e. The highest BCUT2D eigenvalue weighted by molar-refractivity contribution is 5.60. The molecule has 2 aromatic rings. The van der Waals surface area contributed by atoms with Crippen molar-refractivity contribution in [1.82, 2.24) is 0 Å². The SMILES string of the molecule is c1ccc2c(c1)CC(c1ccc3c(c1)CCCN3)N2. The van der Waals surface area contributed by atoms with Crippen molar-refractivity contribution in [2.24, 2.45) is 0 Å². The summed E-state index contributed by atoms with van der Waals surface area (Å²) < 4.78 is 0. The van der Waals surface area contributed by atoms with Gasteiger partial charge in [0, 0.05) is 17.9 Å². The Morgan fingerprint density at radius 3 is 2.84 bits per heavy atom. The molecule has 0 radical (unpaired) electrons. The second-order valence-corrected chi connectivity index (χ2v) is 5.51. The maximum absolute atomic E-state index is 3.64. The summed E-state index contributed by atoms with van der Waals surface area (Å²) >= 11 is 0. The number of hydrogen-bond donors (Lipinski definition) is 2. The molecule has 4 rings (SSSR count). The molecule has 2 heterocycles. The molecule has 2 heteroatoms. The van der Waals surface area contributed by atoms with Gasteiger partial charge in [0.2, 0.25) is 0 Å². The van der Waals surface area contributed by atoms with E-state index in [1.165, 1.54) is 40.9 Å². The van der Waals surface area contributed by atoms with Crippen LogP contribution in [0.3, 0.4) is 0 Å². The average molecular weight is 250 g/mol. The third-order valence-electron chi connectivity index (χ3n) is 4.24. The number of hydrogen-bond acceptors (Lipinski definition) is 2. The lowest BCUT2D eigenvalue weighted by Crippen LogP contribution is -2.13. The van der Waals surface area contributed by atoms with Gasteiger partial charge in [-0.15, -0.1) is 0 Å². The van der Waals surface area contributed by atoms with E-state index < -0.39 is 0 Å². The molecule has 0 spiro atoms. The van der Waals surface area contributed by atoms with Crippen molar-refractivity contribution >= 4 is 11.4 Å². The molecule has 2 nitrogen and oxygen atoms in total. The van der Waals surface area contributed by atoms with Crippen LogP contribution in [0.25, 0.3) is 0 Å².